The normalized spacial score (nSPS) is 27.8. The van der Waals surface area contributed by atoms with E-state index in [0.717, 1.165) is 0 Å². The molecule has 2 rings (SSSR count). The predicted molar refractivity (Wildman–Crippen MR) is 31.5 cm³/mol. The van der Waals surface area contributed by atoms with E-state index in [4.69, 9.17) is 9.47 Å². The van der Waals surface area contributed by atoms with Gasteiger partial charge in [0.05, 0.1) is 0 Å². The number of hydrogen-bond donors (Lipinski definition) is 0. The summed E-state index contributed by atoms with van der Waals surface area (Å²) in [6, 6.07) is 0. The molecule has 1 unspecified atom stereocenters. The topological polar surface area (TPSA) is 71.1 Å². The molecular formula is C6H4O6. The van der Waals surface area contributed by atoms with Crippen molar-refractivity contribution in [3.05, 3.63) is 12.5 Å². The second kappa shape index (κ2) is 2.40. The lowest BCUT2D eigenvalue weighted by molar-refractivity contribution is -0.151. The third kappa shape index (κ3) is 0.969. The number of rotatable bonds is 1. The summed E-state index contributed by atoms with van der Waals surface area (Å²) < 4.78 is 18.1. The number of cyclic esters (lactones) is 3. The fourth-order valence-electron chi connectivity index (χ4n) is 0.877. The molecule has 0 bridgehead atoms. The van der Waals surface area contributed by atoms with Gasteiger partial charge in [-0.25, -0.2) is 9.59 Å². The Morgan fingerprint density at radius 3 is 2.33 bits per heavy atom. The van der Waals surface area contributed by atoms with Crippen molar-refractivity contribution in [3.8, 4) is 0 Å². The molecule has 0 spiro atoms. The molecule has 1 fully saturated rings. The van der Waals surface area contributed by atoms with Gasteiger partial charge in [0.2, 0.25) is 0 Å². The smallest absolute Gasteiger partial charge is 0.455 e. The Morgan fingerprint density at radius 2 is 1.83 bits per heavy atom. The van der Waals surface area contributed by atoms with Crippen LogP contribution in [0.2, 0.25) is 0 Å². The molecule has 2 aliphatic rings. The maximum atomic E-state index is 10.8. The predicted octanol–water partition coefficient (Wildman–Crippen LogP) is -0.108. The number of carbonyl (C=O) groups excluding carboxylic acids is 2. The maximum absolute atomic E-state index is 10.8. The molecule has 0 radical (unpaired) electrons. The third-order valence-corrected chi connectivity index (χ3v) is 1.37. The lowest BCUT2D eigenvalue weighted by atomic mass is 10.3. The van der Waals surface area contributed by atoms with Gasteiger partial charge in [-0.15, -0.1) is 0 Å². The van der Waals surface area contributed by atoms with Gasteiger partial charge in [0, 0.05) is 0 Å². The van der Waals surface area contributed by atoms with E-state index >= 15 is 0 Å². The number of carbonyl (C=O) groups is 2. The summed E-state index contributed by atoms with van der Waals surface area (Å²) in [5.74, 6) is -0.797. The fourth-order valence-corrected chi connectivity index (χ4v) is 0.877. The lowest BCUT2D eigenvalue weighted by Gasteiger charge is -2.11. The summed E-state index contributed by atoms with van der Waals surface area (Å²) in [5.41, 5.74) is 0. The standard InChI is InChI=1S/C6H4O6/c7-4-3(11-6(8)12-4)5-9-1-2-10-5/h1-3,5H. The van der Waals surface area contributed by atoms with Crippen LogP contribution in [-0.2, 0) is 23.7 Å². The largest absolute Gasteiger partial charge is 0.517 e. The molecular weight excluding hydrogens is 168 g/mol. The molecule has 2 aliphatic heterocycles. The van der Waals surface area contributed by atoms with Gasteiger partial charge in [-0.2, -0.15) is 0 Å². The van der Waals surface area contributed by atoms with Crippen LogP contribution in [0.4, 0.5) is 4.79 Å². The van der Waals surface area contributed by atoms with Crippen LogP contribution in [0.3, 0.4) is 0 Å². The first-order valence-corrected chi connectivity index (χ1v) is 3.15. The van der Waals surface area contributed by atoms with Crippen LogP contribution in [-0.4, -0.2) is 24.5 Å². The first kappa shape index (κ1) is 6.96. The average Bonchev–Trinajstić information content (AvgIpc) is 2.58. The molecule has 1 atom stereocenters. The minimum Gasteiger partial charge on any atom is -0.455 e. The van der Waals surface area contributed by atoms with Crippen molar-refractivity contribution in [2.75, 3.05) is 0 Å². The van der Waals surface area contributed by atoms with Crippen LogP contribution in [0, 0.1) is 0 Å². The van der Waals surface area contributed by atoms with Crippen LogP contribution in [0.1, 0.15) is 0 Å². The monoisotopic (exact) mass is 172 g/mol. The van der Waals surface area contributed by atoms with E-state index in [0.29, 0.717) is 0 Å². The van der Waals surface area contributed by atoms with Crippen molar-refractivity contribution in [2.24, 2.45) is 0 Å². The zero-order chi connectivity index (χ0) is 8.55. The van der Waals surface area contributed by atoms with Gasteiger partial charge >= 0.3 is 12.1 Å². The van der Waals surface area contributed by atoms with E-state index < -0.39 is 24.5 Å². The first-order chi connectivity index (χ1) is 5.77. The fraction of sp³-hybridized carbons (Fsp3) is 0.333. The molecule has 6 nitrogen and oxygen atoms in total. The molecule has 0 saturated carbocycles. The Hall–Kier alpha value is -1.72. The Bertz CT molecular complexity index is 249. The van der Waals surface area contributed by atoms with Crippen molar-refractivity contribution in [1.82, 2.24) is 0 Å². The summed E-state index contributed by atoms with van der Waals surface area (Å²) in [6.07, 6.45) is -0.547. The molecule has 1 saturated heterocycles. The van der Waals surface area contributed by atoms with E-state index in [2.05, 4.69) is 9.47 Å². The Morgan fingerprint density at radius 1 is 1.17 bits per heavy atom. The summed E-state index contributed by atoms with van der Waals surface area (Å²) in [4.78, 5) is 21.2. The molecule has 0 aromatic heterocycles. The Labute approximate surface area is 66.6 Å². The minimum absolute atomic E-state index is 0.797. The highest BCUT2D eigenvalue weighted by atomic mass is 16.8. The van der Waals surface area contributed by atoms with E-state index in [1.54, 1.807) is 0 Å². The third-order valence-electron chi connectivity index (χ3n) is 1.37. The Balaban J connectivity index is 2.04. The molecule has 0 aromatic carbocycles. The SMILES string of the molecule is O=C1OC(=O)C(C2OC=CO2)O1. The van der Waals surface area contributed by atoms with Gasteiger partial charge in [-0.1, -0.05) is 0 Å². The summed E-state index contributed by atoms with van der Waals surface area (Å²) in [6.45, 7) is 0. The van der Waals surface area contributed by atoms with Gasteiger partial charge in [-0.3, -0.25) is 0 Å². The highest BCUT2D eigenvalue weighted by Crippen LogP contribution is 2.18. The van der Waals surface area contributed by atoms with E-state index in [1.165, 1.54) is 12.5 Å². The van der Waals surface area contributed by atoms with Crippen LogP contribution in [0.5, 0.6) is 0 Å². The first-order valence-electron chi connectivity index (χ1n) is 3.15. The molecule has 12 heavy (non-hydrogen) atoms. The summed E-state index contributed by atoms with van der Waals surface area (Å²) in [7, 11) is 0. The average molecular weight is 172 g/mol. The van der Waals surface area contributed by atoms with Crippen molar-refractivity contribution < 1.29 is 28.5 Å². The van der Waals surface area contributed by atoms with Crippen molar-refractivity contribution in [1.29, 1.82) is 0 Å². The lowest BCUT2D eigenvalue weighted by Crippen LogP contribution is -2.32. The quantitative estimate of drug-likeness (QED) is 0.406. The zero-order valence-electron chi connectivity index (χ0n) is 5.76. The van der Waals surface area contributed by atoms with Crippen molar-refractivity contribution >= 4 is 12.1 Å². The highest BCUT2D eigenvalue weighted by molar-refractivity contribution is 5.91. The van der Waals surface area contributed by atoms with E-state index in [9.17, 15) is 9.59 Å². The van der Waals surface area contributed by atoms with Crippen LogP contribution in [0.15, 0.2) is 12.5 Å². The molecule has 0 N–H and O–H groups in total. The van der Waals surface area contributed by atoms with E-state index in [1.807, 2.05) is 0 Å². The highest BCUT2D eigenvalue weighted by Gasteiger charge is 2.44. The molecule has 64 valence electrons. The molecule has 0 aromatic rings. The molecule has 6 heteroatoms. The van der Waals surface area contributed by atoms with Gasteiger partial charge in [0.15, 0.2) is 0 Å². The van der Waals surface area contributed by atoms with Gasteiger partial charge in [0.25, 0.3) is 12.4 Å². The van der Waals surface area contributed by atoms with Gasteiger partial charge in [0.1, 0.15) is 12.5 Å². The Kier molecular flexibility index (Phi) is 1.39. The van der Waals surface area contributed by atoms with E-state index in [-0.39, 0.29) is 0 Å². The summed E-state index contributed by atoms with van der Waals surface area (Å²) >= 11 is 0. The zero-order valence-corrected chi connectivity index (χ0v) is 5.76. The number of esters is 1. The van der Waals surface area contributed by atoms with Crippen molar-refractivity contribution in [3.63, 3.8) is 0 Å². The van der Waals surface area contributed by atoms with Crippen LogP contribution >= 0.6 is 0 Å². The second-order valence-electron chi connectivity index (χ2n) is 2.12. The van der Waals surface area contributed by atoms with Crippen molar-refractivity contribution in [2.45, 2.75) is 12.4 Å². The second-order valence-corrected chi connectivity index (χ2v) is 2.12. The van der Waals surface area contributed by atoms with Gasteiger partial charge in [-0.05, 0) is 0 Å². The van der Waals surface area contributed by atoms with Crippen LogP contribution in [0.25, 0.3) is 0 Å². The maximum Gasteiger partial charge on any atom is 0.517 e. The molecule has 0 amide bonds. The summed E-state index contributed by atoms with van der Waals surface area (Å²) in [5, 5.41) is 0. The van der Waals surface area contributed by atoms with Crippen LogP contribution < -0.4 is 0 Å². The van der Waals surface area contributed by atoms with Gasteiger partial charge < -0.3 is 18.9 Å². The molecule has 0 aliphatic carbocycles. The minimum atomic E-state index is -1.12. The number of hydrogen-bond acceptors (Lipinski definition) is 6. The molecule has 2 heterocycles. The number of ether oxygens (including phenoxy) is 4.